The van der Waals surface area contributed by atoms with Gasteiger partial charge in [0.05, 0.1) is 12.1 Å². The lowest BCUT2D eigenvalue weighted by atomic mass is 9.90. The lowest BCUT2D eigenvalue weighted by Gasteiger charge is -2.43. The number of hydrogen-bond acceptors (Lipinski definition) is 3. The molecule has 0 aromatic rings. The van der Waals surface area contributed by atoms with Crippen LogP contribution >= 0.6 is 0 Å². The topological polar surface area (TPSA) is 35.5 Å². The molecule has 0 spiro atoms. The third-order valence-electron chi connectivity index (χ3n) is 4.61. The predicted octanol–water partition coefficient (Wildman–Crippen LogP) is 1.61. The zero-order valence-corrected chi connectivity index (χ0v) is 11.4. The number of rotatable bonds is 5. The Kier molecular flexibility index (Phi) is 4.45. The number of likely N-dealkylation sites (N-methyl/N-ethyl adjacent to an activating group) is 1. The van der Waals surface area contributed by atoms with Gasteiger partial charge in [-0.3, -0.25) is 4.90 Å². The van der Waals surface area contributed by atoms with E-state index in [0.717, 1.165) is 25.0 Å². The van der Waals surface area contributed by atoms with Crippen molar-refractivity contribution < 1.29 is 5.11 Å². The molecule has 100 valence electrons. The molecule has 2 N–H and O–H groups in total. The summed E-state index contributed by atoms with van der Waals surface area (Å²) in [6, 6.07) is 0.799. The maximum absolute atomic E-state index is 9.60. The maximum atomic E-state index is 9.60. The van der Waals surface area contributed by atoms with E-state index < -0.39 is 0 Å². The summed E-state index contributed by atoms with van der Waals surface area (Å²) in [5.74, 6) is 0.938. The van der Waals surface area contributed by atoms with Crippen LogP contribution in [0.5, 0.6) is 0 Å². The third kappa shape index (κ3) is 3.01. The van der Waals surface area contributed by atoms with Gasteiger partial charge >= 0.3 is 0 Å². The molecular formula is C14H28N2O. The molecule has 17 heavy (non-hydrogen) atoms. The van der Waals surface area contributed by atoms with Crippen molar-refractivity contribution in [2.45, 2.75) is 57.5 Å². The van der Waals surface area contributed by atoms with Gasteiger partial charge in [-0.05, 0) is 51.6 Å². The molecule has 3 unspecified atom stereocenters. The summed E-state index contributed by atoms with van der Waals surface area (Å²) < 4.78 is 0. The van der Waals surface area contributed by atoms with Crippen molar-refractivity contribution >= 4 is 0 Å². The Labute approximate surface area is 106 Å². The van der Waals surface area contributed by atoms with Crippen LogP contribution in [0.25, 0.3) is 0 Å². The fourth-order valence-electron chi connectivity index (χ4n) is 3.79. The Morgan fingerprint density at radius 2 is 2.06 bits per heavy atom. The molecule has 1 aliphatic carbocycles. The van der Waals surface area contributed by atoms with Gasteiger partial charge in [0, 0.05) is 12.6 Å². The van der Waals surface area contributed by atoms with Crippen LogP contribution in [0.1, 0.15) is 46.0 Å². The Bertz CT molecular complexity index is 246. The first kappa shape index (κ1) is 13.3. The average molecular weight is 240 g/mol. The number of aliphatic hydroxyl groups is 1. The Morgan fingerprint density at radius 3 is 2.76 bits per heavy atom. The number of nitrogens with zero attached hydrogens (tertiary/aromatic N) is 1. The second kappa shape index (κ2) is 5.68. The minimum atomic E-state index is -0.126. The Hall–Kier alpha value is -0.120. The van der Waals surface area contributed by atoms with E-state index >= 15 is 0 Å². The number of piperidine rings is 1. The fourth-order valence-corrected chi connectivity index (χ4v) is 3.79. The van der Waals surface area contributed by atoms with Crippen molar-refractivity contribution in [3.05, 3.63) is 0 Å². The smallest absolute Gasteiger partial charge is 0.0623 e. The molecule has 0 bridgehead atoms. The average Bonchev–Trinajstić information content (AvgIpc) is 2.78. The van der Waals surface area contributed by atoms with E-state index in [2.05, 4.69) is 24.1 Å². The van der Waals surface area contributed by atoms with E-state index in [9.17, 15) is 5.11 Å². The summed E-state index contributed by atoms with van der Waals surface area (Å²) in [6.07, 6.45) is 6.98. The summed E-state index contributed by atoms with van der Waals surface area (Å²) in [6.45, 7) is 7.64. The van der Waals surface area contributed by atoms with Gasteiger partial charge in [-0.15, -0.1) is 0 Å². The van der Waals surface area contributed by atoms with Crippen molar-refractivity contribution in [1.29, 1.82) is 0 Å². The Morgan fingerprint density at radius 1 is 1.29 bits per heavy atom. The summed E-state index contributed by atoms with van der Waals surface area (Å²) in [7, 11) is 0. The first-order valence-corrected chi connectivity index (χ1v) is 7.28. The molecule has 2 aliphatic rings. The first-order chi connectivity index (χ1) is 8.18. The highest BCUT2D eigenvalue weighted by Gasteiger charge is 2.37. The van der Waals surface area contributed by atoms with E-state index in [1.807, 2.05) is 0 Å². The van der Waals surface area contributed by atoms with Crippen LogP contribution in [0, 0.1) is 5.92 Å². The van der Waals surface area contributed by atoms with Crippen molar-refractivity contribution in [2.24, 2.45) is 5.92 Å². The minimum Gasteiger partial charge on any atom is -0.394 e. The van der Waals surface area contributed by atoms with Gasteiger partial charge in [-0.1, -0.05) is 13.3 Å². The molecule has 2 rings (SSSR count). The van der Waals surface area contributed by atoms with Crippen LogP contribution in [0.15, 0.2) is 0 Å². The van der Waals surface area contributed by atoms with E-state index in [1.54, 1.807) is 0 Å². The van der Waals surface area contributed by atoms with Crippen molar-refractivity contribution in [2.75, 3.05) is 26.2 Å². The summed E-state index contributed by atoms with van der Waals surface area (Å²) in [5, 5.41) is 13.0. The van der Waals surface area contributed by atoms with Crippen LogP contribution in [-0.2, 0) is 0 Å². The summed E-state index contributed by atoms with van der Waals surface area (Å²) in [5.41, 5.74) is -0.126. The van der Waals surface area contributed by atoms with Gasteiger partial charge in [-0.2, -0.15) is 0 Å². The lowest BCUT2D eigenvalue weighted by Crippen LogP contribution is -2.57. The molecule has 0 amide bonds. The highest BCUT2D eigenvalue weighted by molar-refractivity contribution is 4.94. The molecule has 1 aliphatic heterocycles. The van der Waals surface area contributed by atoms with Crippen LogP contribution < -0.4 is 5.32 Å². The zero-order chi connectivity index (χ0) is 12.3. The van der Waals surface area contributed by atoms with E-state index in [-0.39, 0.29) is 12.1 Å². The van der Waals surface area contributed by atoms with Crippen LogP contribution in [-0.4, -0.2) is 47.8 Å². The number of likely N-dealkylation sites (tertiary alicyclic amines) is 1. The quantitative estimate of drug-likeness (QED) is 0.766. The van der Waals surface area contributed by atoms with E-state index in [1.165, 1.54) is 38.6 Å². The SMILES string of the molecule is CCNC(C)(CO)CN1CCCC2CCCC21. The van der Waals surface area contributed by atoms with E-state index in [4.69, 9.17) is 0 Å². The zero-order valence-electron chi connectivity index (χ0n) is 11.4. The van der Waals surface area contributed by atoms with Gasteiger partial charge < -0.3 is 10.4 Å². The first-order valence-electron chi connectivity index (χ1n) is 7.28. The summed E-state index contributed by atoms with van der Waals surface area (Å²) >= 11 is 0. The lowest BCUT2D eigenvalue weighted by molar-refractivity contribution is 0.0576. The fraction of sp³-hybridized carbons (Fsp3) is 1.00. The highest BCUT2D eigenvalue weighted by Crippen LogP contribution is 2.37. The van der Waals surface area contributed by atoms with Gasteiger partial charge in [0.25, 0.3) is 0 Å². The molecular weight excluding hydrogens is 212 g/mol. The largest absolute Gasteiger partial charge is 0.394 e. The minimum absolute atomic E-state index is 0.126. The Balaban J connectivity index is 1.96. The van der Waals surface area contributed by atoms with Crippen molar-refractivity contribution in [3.63, 3.8) is 0 Å². The van der Waals surface area contributed by atoms with Crippen molar-refractivity contribution in [3.8, 4) is 0 Å². The predicted molar refractivity (Wildman–Crippen MR) is 71.1 cm³/mol. The monoisotopic (exact) mass is 240 g/mol. The molecule has 0 aromatic carbocycles. The van der Waals surface area contributed by atoms with Crippen LogP contribution in [0.3, 0.4) is 0 Å². The normalized spacial score (nSPS) is 33.4. The second-order valence-electron chi connectivity index (χ2n) is 6.12. The molecule has 1 saturated heterocycles. The van der Waals surface area contributed by atoms with Gasteiger partial charge in [0.1, 0.15) is 0 Å². The van der Waals surface area contributed by atoms with Gasteiger partial charge in [0.2, 0.25) is 0 Å². The molecule has 3 heteroatoms. The number of nitrogens with one attached hydrogen (secondary N) is 1. The standard InChI is InChI=1S/C14H28N2O/c1-3-15-14(2,11-17)10-16-9-5-7-12-6-4-8-13(12)16/h12-13,15,17H,3-11H2,1-2H3. The molecule has 3 nitrogen and oxygen atoms in total. The molecule has 1 saturated carbocycles. The number of fused-ring (bicyclic) bond motifs is 1. The summed E-state index contributed by atoms with van der Waals surface area (Å²) in [4.78, 5) is 2.64. The van der Waals surface area contributed by atoms with Crippen LogP contribution in [0.4, 0.5) is 0 Å². The number of hydrogen-bond donors (Lipinski definition) is 2. The maximum Gasteiger partial charge on any atom is 0.0623 e. The third-order valence-corrected chi connectivity index (χ3v) is 4.61. The molecule has 2 fully saturated rings. The molecule has 3 atom stereocenters. The highest BCUT2D eigenvalue weighted by atomic mass is 16.3. The molecule has 0 radical (unpaired) electrons. The molecule has 0 aromatic heterocycles. The van der Waals surface area contributed by atoms with Gasteiger partial charge in [0.15, 0.2) is 0 Å². The van der Waals surface area contributed by atoms with Gasteiger partial charge in [-0.25, -0.2) is 0 Å². The van der Waals surface area contributed by atoms with Crippen molar-refractivity contribution in [1.82, 2.24) is 10.2 Å². The second-order valence-corrected chi connectivity index (χ2v) is 6.12. The number of aliphatic hydroxyl groups excluding tert-OH is 1. The van der Waals surface area contributed by atoms with E-state index in [0.29, 0.717) is 0 Å². The molecule has 1 heterocycles. The van der Waals surface area contributed by atoms with Crippen LogP contribution in [0.2, 0.25) is 0 Å².